The van der Waals surface area contributed by atoms with Crippen LogP contribution in [0.3, 0.4) is 0 Å². The van der Waals surface area contributed by atoms with Crippen LogP contribution in [-0.4, -0.2) is 16.0 Å². The van der Waals surface area contributed by atoms with Crippen molar-refractivity contribution in [3.05, 3.63) is 35.1 Å². The fourth-order valence-electron chi connectivity index (χ4n) is 1.64. The first-order chi connectivity index (χ1) is 9.47. The molecule has 2 rings (SSSR count). The summed E-state index contributed by atoms with van der Waals surface area (Å²) in [6.07, 6.45) is 1.42. The highest BCUT2D eigenvalue weighted by molar-refractivity contribution is 6.31. The third kappa shape index (κ3) is 3.30. The molecule has 0 amide bonds. The molecule has 0 bridgehead atoms. The van der Waals surface area contributed by atoms with Crippen molar-refractivity contribution in [3.63, 3.8) is 0 Å². The van der Waals surface area contributed by atoms with Gasteiger partial charge in [0.25, 0.3) is 0 Å². The standard InChI is InChI=1S/C14H17ClN4O/c1-8(2)19-13-12(16)14(18-7-17-13)20-10-4-5-11(15)9(3)6-10/h4-8H,16H2,1-3H3,(H,17,18,19). The van der Waals surface area contributed by atoms with Gasteiger partial charge in [-0.1, -0.05) is 11.6 Å². The lowest BCUT2D eigenvalue weighted by Gasteiger charge is -2.13. The first kappa shape index (κ1) is 14.4. The molecule has 0 atom stereocenters. The van der Waals surface area contributed by atoms with Gasteiger partial charge in [-0.25, -0.2) is 4.98 Å². The van der Waals surface area contributed by atoms with Crippen molar-refractivity contribution < 1.29 is 4.74 Å². The van der Waals surface area contributed by atoms with Gasteiger partial charge in [0.2, 0.25) is 5.88 Å². The maximum absolute atomic E-state index is 6.01. The summed E-state index contributed by atoms with van der Waals surface area (Å²) in [5.74, 6) is 1.52. The van der Waals surface area contributed by atoms with E-state index >= 15 is 0 Å². The molecule has 20 heavy (non-hydrogen) atoms. The van der Waals surface area contributed by atoms with E-state index in [0.717, 1.165) is 5.56 Å². The zero-order chi connectivity index (χ0) is 14.7. The normalized spacial score (nSPS) is 10.7. The molecular weight excluding hydrogens is 276 g/mol. The molecular formula is C14H17ClN4O. The molecule has 1 aromatic carbocycles. The molecule has 0 aliphatic heterocycles. The van der Waals surface area contributed by atoms with Crippen molar-refractivity contribution in [2.24, 2.45) is 0 Å². The van der Waals surface area contributed by atoms with Crippen LogP contribution in [-0.2, 0) is 0 Å². The number of nitrogens with zero attached hydrogens (tertiary/aromatic N) is 2. The topological polar surface area (TPSA) is 73.1 Å². The molecule has 0 saturated carbocycles. The number of hydrogen-bond acceptors (Lipinski definition) is 5. The van der Waals surface area contributed by atoms with Gasteiger partial charge in [-0.2, -0.15) is 4.98 Å². The Morgan fingerprint density at radius 2 is 2.05 bits per heavy atom. The van der Waals surface area contributed by atoms with E-state index in [1.54, 1.807) is 12.1 Å². The van der Waals surface area contributed by atoms with E-state index in [-0.39, 0.29) is 6.04 Å². The summed E-state index contributed by atoms with van der Waals surface area (Å²) in [6.45, 7) is 5.92. The predicted molar refractivity (Wildman–Crippen MR) is 81.5 cm³/mol. The van der Waals surface area contributed by atoms with Crippen LogP contribution in [0.25, 0.3) is 0 Å². The second-order valence-corrected chi connectivity index (χ2v) is 5.16. The molecule has 0 fully saturated rings. The third-order valence-corrected chi connectivity index (χ3v) is 3.04. The molecule has 1 heterocycles. The van der Waals surface area contributed by atoms with Crippen LogP contribution in [0.1, 0.15) is 19.4 Å². The molecule has 1 aromatic heterocycles. The lowest BCUT2D eigenvalue weighted by Crippen LogP contribution is -2.13. The Balaban J connectivity index is 2.27. The van der Waals surface area contributed by atoms with Gasteiger partial charge in [0.05, 0.1) is 0 Å². The summed E-state index contributed by atoms with van der Waals surface area (Å²) in [5.41, 5.74) is 7.32. The molecule has 0 unspecified atom stereocenters. The molecule has 2 aromatic rings. The van der Waals surface area contributed by atoms with Crippen LogP contribution in [0.2, 0.25) is 5.02 Å². The van der Waals surface area contributed by atoms with Crippen LogP contribution in [0.5, 0.6) is 11.6 Å². The van der Waals surface area contributed by atoms with E-state index in [0.29, 0.717) is 28.2 Å². The van der Waals surface area contributed by atoms with Crippen molar-refractivity contribution in [3.8, 4) is 11.6 Å². The minimum atomic E-state index is 0.220. The van der Waals surface area contributed by atoms with Gasteiger partial charge in [-0.15, -0.1) is 0 Å². The number of hydrogen-bond donors (Lipinski definition) is 2. The Morgan fingerprint density at radius 3 is 2.70 bits per heavy atom. The Labute approximate surface area is 123 Å². The average molecular weight is 293 g/mol. The summed E-state index contributed by atoms with van der Waals surface area (Å²) in [5, 5.41) is 3.83. The number of nitrogens with two attached hydrogens (primary N) is 1. The minimum absolute atomic E-state index is 0.220. The third-order valence-electron chi connectivity index (χ3n) is 2.62. The van der Waals surface area contributed by atoms with Gasteiger partial charge < -0.3 is 15.8 Å². The zero-order valence-corrected chi connectivity index (χ0v) is 12.4. The van der Waals surface area contributed by atoms with Gasteiger partial charge in [0.1, 0.15) is 17.8 Å². The number of ether oxygens (including phenoxy) is 1. The number of nitrogen functional groups attached to an aromatic ring is 1. The number of rotatable bonds is 4. The number of anilines is 2. The molecule has 0 saturated heterocycles. The van der Waals surface area contributed by atoms with Crippen LogP contribution >= 0.6 is 11.6 Å². The monoisotopic (exact) mass is 292 g/mol. The quantitative estimate of drug-likeness (QED) is 0.900. The predicted octanol–water partition coefficient (Wildman–Crippen LogP) is 3.63. The van der Waals surface area contributed by atoms with Crippen molar-refractivity contribution in [1.29, 1.82) is 0 Å². The molecule has 0 radical (unpaired) electrons. The molecule has 0 spiro atoms. The SMILES string of the molecule is Cc1cc(Oc2ncnc(NC(C)C)c2N)ccc1Cl. The molecule has 6 heteroatoms. The fourth-order valence-corrected chi connectivity index (χ4v) is 1.76. The largest absolute Gasteiger partial charge is 0.437 e. The molecule has 5 nitrogen and oxygen atoms in total. The molecule has 3 N–H and O–H groups in total. The Morgan fingerprint density at radius 1 is 1.30 bits per heavy atom. The fraction of sp³-hybridized carbons (Fsp3) is 0.286. The number of halogens is 1. The molecule has 0 aliphatic carbocycles. The second kappa shape index (κ2) is 5.96. The number of aromatic nitrogens is 2. The van der Waals surface area contributed by atoms with E-state index in [1.165, 1.54) is 6.33 Å². The van der Waals surface area contributed by atoms with Crippen LogP contribution < -0.4 is 15.8 Å². The van der Waals surface area contributed by atoms with E-state index in [1.807, 2.05) is 26.8 Å². The van der Waals surface area contributed by atoms with E-state index in [9.17, 15) is 0 Å². The smallest absolute Gasteiger partial charge is 0.248 e. The van der Waals surface area contributed by atoms with Gasteiger partial charge >= 0.3 is 0 Å². The zero-order valence-electron chi connectivity index (χ0n) is 11.6. The highest BCUT2D eigenvalue weighted by Crippen LogP contribution is 2.31. The first-order valence-electron chi connectivity index (χ1n) is 6.28. The maximum atomic E-state index is 6.01. The van der Waals surface area contributed by atoms with Crippen molar-refractivity contribution >= 4 is 23.1 Å². The van der Waals surface area contributed by atoms with E-state index in [4.69, 9.17) is 22.1 Å². The highest BCUT2D eigenvalue weighted by atomic mass is 35.5. The summed E-state index contributed by atoms with van der Waals surface area (Å²) in [7, 11) is 0. The minimum Gasteiger partial charge on any atom is -0.437 e. The summed E-state index contributed by atoms with van der Waals surface area (Å²) in [6, 6.07) is 5.60. The van der Waals surface area contributed by atoms with Crippen molar-refractivity contribution in [2.45, 2.75) is 26.8 Å². The van der Waals surface area contributed by atoms with Crippen LogP contribution in [0.4, 0.5) is 11.5 Å². The Kier molecular flexibility index (Phi) is 4.29. The Bertz CT molecular complexity index is 616. The van der Waals surface area contributed by atoms with Gasteiger partial charge in [-0.05, 0) is 44.5 Å². The molecule has 0 aliphatic rings. The van der Waals surface area contributed by atoms with Gasteiger partial charge in [0, 0.05) is 11.1 Å². The van der Waals surface area contributed by atoms with Crippen molar-refractivity contribution in [2.75, 3.05) is 11.1 Å². The Hall–Kier alpha value is -2.01. The summed E-state index contributed by atoms with van der Waals surface area (Å²) < 4.78 is 5.69. The van der Waals surface area contributed by atoms with Gasteiger partial charge in [0.15, 0.2) is 5.82 Å². The van der Waals surface area contributed by atoms with Crippen molar-refractivity contribution in [1.82, 2.24) is 9.97 Å². The molecule has 106 valence electrons. The van der Waals surface area contributed by atoms with Gasteiger partial charge in [-0.3, -0.25) is 0 Å². The number of benzene rings is 1. The van der Waals surface area contributed by atoms with Crippen LogP contribution in [0.15, 0.2) is 24.5 Å². The number of aryl methyl sites for hydroxylation is 1. The summed E-state index contributed by atoms with van der Waals surface area (Å²) in [4.78, 5) is 8.17. The summed E-state index contributed by atoms with van der Waals surface area (Å²) >= 11 is 5.98. The lowest BCUT2D eigenvalue weighted by atomic mass is 10.2. The maximum Gasteiger partial charge on any atom is 0.248 e. The number of nitrogens with one attached hydrogen (secondary N) is 1. The lowest BCUT2D eigenvalue weighted by molar-refractivity contribution is 0.464. The van der Waals surface area contributed by atoms with E-state index in [2.05, 4.69) is 15.3 Å². The second-order valence-electron chi connectivity index (χ2n) is 4.75. The average Bonchev–Trinajstić information content (AvgIpc) is 2.38. The highest BCUT2D eigenvalue weighted by Gasteiger charge is 2.11. The van der Waals surface area contributed by atoms with Crippen LogP contribution in [0, 0.1) is 6.92 Å². The first-order valence-corrected chi connectivity index (χ1v) is 6.66. The van der Waals surface area contributed by atoms with E-state index < -0.39 is 0 Å².